The van der Waals surface area contributed by atoms with Crippen molar-refractivity contribution in [3.05, 3.63) is 94.1 Å². The molecule has 0 spiro atoms. The van der Waals surface area contributed by atoms with Crippen molar-refractivity contribution in [3.8, 4) is 0 Å². The molecule has 0 aliphatic heterocycles. The average molecular weight is 350 g/mol. The normalized spacial score (nSPS) is 10.8. The van der Waals surface area contributed by atoms with Crippen molar-refractivity contribution in [1.29, 1.82) is 0 Å². The van der Waals surface area contributed by atoms with Crippen LogP contribution >= 0.6 is 0 Å². The van der Waals surface area contributed by atoms with Crippen molar-refractivity contribution in [1.82, 2.24) is 9.88 Å². The molecule has 1 heterocycles. The largest absolute Gasteiger partial charge is 0.347 e. The molecule has 2 aromatic carbocycles. The van der Waals surface area contributed by atoms with Gasteiger partial charge < -0.3 is 9.88 Å². The lowest BCUT2D eigenvalue weighted by Gasteiger charge is -2.13. The van der Waals surface area contributed by atoms with E-state index in [1.165, 1.54) is 17.7 Å². The van der Waals surface area contributed by atoms with Crippen LogP contribution in [0.15, 0.2) is 54.6 Å². The maximum absolute atomic E-state index is 13.0. The first-order chi connectivity index (χ1) is 12.4. The zero-order chi connectivity index (χ0) is 18.7. The number of hydrogen-bond acceptors (Lipinski definition) is 1. The summed E-state index contributed by atoms with van der Waals surface area (Å²) in [4.78, 5) is 12.8. The van der Waals surface area contributed by atoms with Crippen molar-refractivity contribution in [2.24, 2.45) is 0 Å². The Bertz CT molecular complexity index is 926. The van der Waals surface area contributed by atoms with Gasteiger partial charge >= 0.3 is 0 Å². The van der Waals surface area contributed by atoms with Crippen LogP contribution in [0, 0.1) is 26.6 Å². The van der Waals surface area contributed by atoms with Crippen LogP contribution in [0.2, 0.25) is 0 Å². The number of aromatic nitrogens is 1. The standard InChI is InChI=1S/C22H23FN2O/c1-15-5-4-6-19(11-15)14-25-17(3)12-16(2)21(25)22(26)24-13-18-7-9-20(23)10-8-18/h4-12H,13-14H2,1-3H3,(H,24,26). The highest BCUT2D eigenvalue weighted by Crippen LogP contribution is 2.18. The van der Waals surface area contributed by atoms with Crippen LogP contribution in [0.1, 0.15) is 38.4 Å². The number of amides is 1. The lowest BCUT2D eigenvalue weighted by atomic mass is 10.1. The van der Waals surface area contributed by atoms with Crippen LogP contribution in [0.4, 0.5) is 4.39 Å². The highest BCUT2D eigenvalue weighted by atomic mass is 19.1. The van der Waals surface area contributed by atoms with Crippen LogP contribution in [-0.4, -0.2) is 10.5 Å². The first-order valence-electron chi connectivity index (χ1n) is 8.69. The predicted molar refractivity (Wildman–Crippen MR) is 102 cm³/mol. The SMILES string of the molecule is Cc1cccc(Cn2c(C)cc(C)c2C(=O)NCc2ccc(F)cc2)c1. The number of hydrogen-bond donors (Lipinski definition) is 1. The molecule has 3 aromatic rings. The summed E-state index contributed by atoms with van der Waals surface area (Å²) >= 11 is 0. The molecule has 0 radical (unpaired) electrons. The second kappa shape index (κ2) is 7.56. The lowest BCUT2D eigenvalue weighted by molar-refractivity contribution is 0.0941. The van der Waals surface area contributed by atoms with Crippen molar-refractivity contribution in [2.45, 2.75) is 33.9 Å². The molecular formula is C22H23FN2O. The number of carbonyl (C=O) groups is 1. The fourth-order valence-electron chi connectivity index (χ4n) is 3.22. The van der Waals surface area contributed by atoms with E-state index < -0.39 is 0 Å². The molecule has 1 amide bonds. The highest BCUT2D eigenvalue weighted by molar-refractivity contribution is 5.94. The van der Waals surface area contributed by atoms with E-state index in [1.807, 2.05) is 30.5 Å². The molecule has 134 valence electrons. The Morgan fingerprint density at radius 1 is 1.00 bits per heavy atom. The van der Waals surface area contributed by atoms with Gasteiger partial charge in [-0.25, -0.2) is 4.39 Å². The van der Waals surface area contributed by atoms with E-state index in [1.54, 1.807) is 12.1 Å². The summed E-state index contributed by atoms with van der Waals surface area (Å²) in [6, 6.07) is 16.5. The van der Waals surface area contributed by atoms with Crippen molar-refractivity contribution in [2.75, 3.05) is 0 Å². The monoisotopic (exact) mass is 350 g/mol. The van der Waals surface area contributed by atoms with Crippen LogP contribution < -0.4 is 5.32 Å². The lowest BCUT2D eigenvalue weighted by Crippen LogP contribution is -2.26. The van der Waals surface area contributed by atoms with E-state index in [2.05, 4.69) is 30.4 Å². The summed E-state index contributed by atoms with van der Waals surface area (Å²) in [6.07, 6.45) is 0. The number of carbonyl (C=O) groups excluding carboxylic acids is 1. The van der Waals surface area contributed by atoms with Gasteiger partial charge in [0.2, 0.25) is 0 Å². The second-order valence-corrected chi connectivity index (χ2v) is 6.70. The minimum atomic E-state index is -0.279. The molecule has 0 saturated heterocycles. The van der Waals surface area contributed by atoms with Gasteiger partial charge in [0.25, 0.3) is 5.91 Å². The Hall–Kier alpha value is -2.88. The van der Waals surface area contributed by atoms with Gasteiger partial charge in [0, 0.05) is 18.8 Å². The number of nitrogens with one attached hydrogen (secondary N) is 1. The van der Waals surface area contributed by atoms with E-state index in [0.717, 1.165) is 22.4 Å². The molecule has 3 nitrogen and oxygen atoms in total. The Morgan fingerprint density at radius 2 is 1.73 bits per heavy atom. The minimum Gasteiger partial charge on any atom is -0.347 e. The molecule has 0 fully saturated rings. The van der Waals surface area contributed by atoms with Crippen LogP contribution in [0.5, 0.6) is 0 Å². The summed E-state index contributed by atoms with van der Waals surface area (Å²) in [7, 11) is 0. The molecule has 0 unspecified atom stereocenters. The number of nitrogens with zero attached hydrogens (tertiary/aromatic N) is 1. The molecule has 3 rings (SSSR count). The van der Waals surface area contributed by atoms with Gasteiger partial charge in [0.05, 0.1) is 0 Å². The van der Waals surface area contributed by atoms with E-state index in [4.69, 9.17) is 0 Å². The van der Waals surface area contributed by atoms with Crippen molar-refractivity contribution < 1.29 is 9.18 Å². The maximum Gasteiger partial charge on any atom is 0.268 e. The number of aryl methyl sites for hydroxylation is 3. The quantitative estimate of drug-likeness (QED) is 0.721. The maximum atomic E-state index is 13.0. The molecule has 0 saturated carbocycles. The topological polar surface area (TPSA) is 34.0 Å². The predicted octanol–water partition coefficient (Wildman–Crippen LogP) is 4.53. The molecule has 0 aliphatic carbocycles. The third-order valence-electron chi connectivity index (χ3n) is 4.50. The first kappa shape index (κ1) is 17.9. The molecule has 0 aliphatic rings. The highest BCUT2D eigenvalue weighted by Gasteiger charge is 2.17. The van der Waals surface area contributed by atoms with Crippen LogP contribution in [0.25, 0.3) is 0 Å². The smallest absolute Gasteiger partial charge is 0.268 e. The Kier molecular flexibility index (Phi) is 5.21. The van der Waals surface area contributed by atoms with Gasteiger partial charge in [-0.2, -0.15) is 0 Å². The summed E-state index contributed by atoms with van der Waals surface area (Å²) in [6.45, 7) is 7.05. The Labute approximate surface area is 153 Å². The van der Waals surface area contributed by atoms with Crippen LogP contribution in [0.3, 0.4) is 0 Å². The summed E-state index contributed by atoms with van der Waals surface area (Å²) in [5.41, 5.74) is 5.90. The summed E-state index contributed by atoms with van der Waals surface area (Å²) in [5.74, 6) is -0.397. The fraction of sp³-hybridized carbons (Fsp3) is 0.227. The number of benzene rings is 2. The van der Waals surface area contributed by atoms with Gasteiger partial charge in [-0.15, -0.1) is 0 Å². The van der Waals surface area contributed by atoms with Gasteiger partial charge in [-0.05, 0) is 55.7 Å². The molecule has 1 N–H and O–H groups in total. The molecule has 1 aromatic heterocycles. The van der Waals surface area contributed by atoms with E-state index in [-0.39, 0.29) is 11.7 Å². The number of halogens is 1. The van der Waals surface area contributed by atoms with E-state index in [9.17, 15) is 9.18 Å². The Morgan fingerprint density at radius 3 is 2.42 bits per heavy atom. The molecule has 0 atom stereocenters. The fourth-order valence-corrected chi connectivity index (χ4v) is 3.22. The van der Waals surface area contributed by atoms with Crippen molar-refractivity contribution >= 4 is 5.91 Å². The summed E-state index contributed by atoms with van der Waals surface area (Å²) < 4.78 is 15.0. The van der Waals surface area contributed by atoms with Gasteiger partial charge in [-0.1, -0.05) is 42.0 Å². The third-order valence-corrected chi connectivity index (χ3v) is 4.50. The van der Waals surface area contributed by atoms with Gasteiger partial charge in [0.15, 0.2) is 0 Å². The molecule has 4 heteroatoms. The second-order valence-electron chi connectivity index (χ2n) is 6.70. The van der Waals surface area contributed by atoms with Crippen LogP contribution in [-0.2, 0) is 13.1 Å². The molecular weight excluding hydrogens is 327 g/mol. The number of rotatable bonds is 5. The zero-order valence-corrected chi connectivity index (χ0v) is 15.3. The van der Waals surface area contributed by atoms with Gasteiger partial charge in [-0.3, -0.25) is 4.79 Å². The minimum absolute atomic E-state index is 0.118. The molecule has 0 bridgehead atoms. The molecule has 26 heavy (non-hydrogen) atoms. The van der Waals surface area contributed by atoms with Gasteiger partial charge in [0.1, 0.15) is 11.5 Å². The van der Waals surface area contributed by atoms with E-state index in [0.29, 0.717) is 18.8 Å². The summed E-state index contributed by atoms with van der Waals surface area (Å²) in [5, 5.41) is 2.94. The van der Waals surface area contributed by atoms with E-state index >= 15 is 0 Å². The third kappa shape index (κ3) is 4.02. The first-order valence-corrected chi connectivity index (χ1v) is 8.69. The Balaban J connectivity index is 1.80. The van der Waals surface area contributed by atoms with Crippen molar-refractivity contribution in [3.63, 3.8) is 0 Å². The zero-order valence-electron chi connectivity index (χ0n) is 15.3. The average Bonchev–Trinajstić information content (AvgIpc) is 2.88.